The molecule has 0 aliphatic rings. The third kappa shape index (κ3) is 2.44. The average Bonchev–Trinajstić information content (AvgIpc) is 2.25. The van der Waals surface area contributed by atoms with Crippen molar-refractivity contribution in [1.29, 1.82) is 0 Å². The summed E-state index contributed by atoms with van der Waals surface area (Å²) in [6.07, 6.45) is 4.48. The molecule has 72 valence electrons. The van der Waals surface area contributed by atoms with E-state index in [1.54, 1.807) is 18.3 Å². The van der Waals surface area contributed by atoms with E-state index in [0.29, 0.717) is 17.1 Å². The minimum absolute atomic E-state index is 0.163. The van der Waals surface area contributed by atoms with Crippen LogP contribution in [0.2, 0.25) is 5.28 Å². The molecule has 0 bridgehead atoms. The largest absolute Gasteiger partial charge is 0.436 e. The first-order valence-corrected chi connectivity index (χ1v) is 4.49. The number of halogens is 1. The van der Waals surface area contributed by atoms with E-state index >= 15 is 0 Å². The molecule has 6 heteroatoms. The van der Waals surface area contributed by atoms with Crippen molar-refractivity contribution >= 4 is 24.9 Å². The van der Waals surface area contributed by atoms with Gasteiger partial charge in [0.2, 0.25) is 11.2 Å². The van der Waals surface area contributed by atoms with E-state index in [2.05, 4.69) is 15.0 Å². The molecule has 0 unspecified atom stereocenters. The monoisotopic (exact) mass is 217 g/mol. The van der Waals surface area contributed by atoms with Gasteiger partial charge in [0.05, 0.1) is 12.4 Å². The molecule has 0 amide bonds. The standard InChI is InChI=1S/C9H5BClN3O/c10-7-2-1-3-12-8(7)15-6-4-13-9(11)14-5-6/h1-5H. The fraction of sp³-hybridized carbons (Fsp3) is 0. The molecule has 0 aliphatic heterocycles. The molecular formula is C9H5BClN3O. The summed E-state index contributed by atoms with van der Waals surface area (Å²) in [7, 11) is 5.64. The summed E-state index contributed by atoms with van der Waals surface area (Å²) in [5.74, 6) is 0.758. The average molecular weight is 217 g/mol. The first kappa shape index (κ1) is 9.92. The van der Waals surface area contributed by atoms with Gasteiger partial charge in [-0.2, -0.15) is 0 Å². The Balaban J connectivity index is 2.22. The van der Waals surface area contributed by atoms with Gasteiger partial charge < -0.3 is 4.74 Å². The van der Waals surface area contributed by atoms with Gasteiger partial charge >= 0.3 is 0 Å². The zero-order valence-corrected chi connectivity index (χ0v) is 8.35. The van der Waals surface area contributed by atoms with Crippen molar-refractivity contribution in [1.82, 2.24) is 15.0 Å². The first-order chi connectivity index (χ1) is 7.25. The molecule has 2 heterocycles. The second-order valence-electron chi connectivity index (χ2n) is 2.69. The number of hydrogen-bond donors (Lipinski definition) is 0. The molecule has 0 aromatic carbocycles. The number of rotatable bonds is 2. The van der Waals surface area contributed by atoms with Crippen LogP contribution < -0.4 is 10.2 Å². The summed E-state index contributed by atoms with van der Waals surface area (Å²) >= 11 is 5.53. The number of hydrogen-bond acceptors (Lipinski definition) is 4. The van der Waals surface area contributed by atoms with Crippen molar-refractivity contribution in [2.45, 2.75) is 0 Å². The van der Waals surface area contributed by atoms with Gasteiger partial charge in [-0.15, -0.1) is 0 Å². The van der Waals surface area contributed by atoms with E-state index < -0.39 is 0 Å². The number of pyridine rings is 1. The van der Waals surface area contributed by atoms with Crippen LogP contribution in [0.3, 0.4) is 0 Å². The van der Waals surface area contributed by atoms with Crippen molar-refractivity contribution in [3.63, 3.8) is 0 Å². The normalized spacial score (nSPS) is 9.93. The van der Waals surface area contributed by atoms with Crippen LogP contribution in [0.1, 0.15) is 0 Å². The van der Waals surface area contributed by atoms with E-state index in [4.69, 9.17) is 24.2 Å². The molecule has 2 radical (unpaired) electrons. The lowest BCUT2D eigenvalue weighted by molar-refractivity contribution is 0.462. The van der Waals surface area contributed by atoms with E-state index in [9.17, 15) is 0 Å². The van der Waals surface area contributed by atoms with Crippen LogP contribution in [-0.2, 0) is 0 Å². The molecule has 2 rings (SSSR count). The SMILES string of the molecule is [B]c1cccnc1Oc1cnc(Cl)nc1. The molecule has 2 aromatic rings. The van der Waals surface area contributed by atoms with Gasteiger partial charge in [0.1, 0.15) is 7.85 Å². The predicted molar refractivity (Wildman–Crippen MR) is 56.7 cm³/mol. The Morgan fingerprint density at radius 2 is 1.93 bits per heavy atom. The second kappa shape index (κ2) is 4.27. The molecule has 15 heavy (non-hydrogen) atoms. The minimum atomic E-state index is 0.163. The van der Waals surface area contributed by atoms with Crippen LogP contribution in [0, 0.1) is 0 Å². The molecule has 0 aliphatic carbocycles. The van der Waals surface area contributed by atoms with Gasteiger partial charge in [-0.1, -0.05) is 6.07 Å². The maximum atomic E-state index is 5.64. The Bertz CT molecular complexity index is 463. The zero-order chi connectivity index (χ0) is 10.7. The molecule has 0 saturated heterocycles. The van der Waals surface area contributed by atoms with Crippen molar-refractivity contribution in [2.75, 3.05) is 0 Å². The van der Waals surface area contributed by atoms with Gasteiger partial charge in [-0.25, -0.2) is 15.0 Å². The van der Waals surface area contributed by atoms with Crippen LogP contribution in [0.5, 0.6) is 11.6 Å². The highest BCUT2D eigenvalue weighted by Gasteiger charge is 2.02. The van der Waals surface area contributed by atoms with Crippen LogP contribution in [0.15, 0.2) is 30.7 Å². The van der Waals surface area contributed by atoms with Crippen LogP contribution in [0.4, 0.5) is 0 Å². The van der Waals surface area contributed by atoms with Crippen molar-refractivity contribution in [2.24, 2.45) is 0 Å². The number of ether oxygens (including phenoxy) is 1. The van der Waals surface area contributed by atoms with Gasteiger partial charge in [-0.3, -0.25) is 0 Å². The smallest absolute Gasteiger partial charge is 0.222 e. The summed E-state index contributed by atoms with van der Waals surface area (Å²) in [5.41, 5.74) is 0.451. The van der Waals surface area contributed by atoms with Gasteiger partial charge in [-0.05, 0) is 23.1 Å². The summed E-state index contributed by atoms with van der Waals surface area (Å²) < 4.78 is 5.34. The number of nitrogens with zero attached hydrogens (tertiary/aromatic N) is 3. The molecule has 0 spiro atoms. The molecule has 0 saturated carbocycles. The summed E-state index contributed by atoms with van der Waals surface area (Å²) in [6.45, 7) is 0. The van der Waals surface area contributed by atoms with Gasteiger partial charge in [0, 0.05) is 6.20 Å². The third-order valence-electron chi connectivity index (χ3n) is 1.61. The molecular weight excluding hydrogens is 212 g/mol. The van der Waals surface area contributed by atoms with Gasteiger partial charge in [0.25, 0.3) is 0 Å². The van der Waals surface area contributed by atoms with Crippen molar-refractivity contribution in [3.8, 4) is 11.6 Å². The molecule has 2 aromatic heterocycles. The summed E-state index contributed by atoms with van der Waals surface area (Å²) in [6, 6.07) is 3.42. The molecule has 0 N–H and O–H groups in total. The first-order valence-electron chi connectivity index (χ1n) is 4.11. The van der Waals surface area contributed by atoms with Crippen LogP contribution >= 0.6 is 11.6 Å². The Labute approximate surface area is 92.7 Å². The maximum absolute atomic E-state index is 5.64. The second-order valence-corrected chi connectivity index (χ2v) is 3.03. The van der Waals surface area contributed by atoms with Crippen LogP contribution in [0.25, 0.3) is 0 Å². The fourth-order valence-corrected chi connectivity index (χ4v) is 1.05. The summed E-state index contributed by atoms with van der Waals surface area (Å²) in [5, 5.41) is 0.163. The highest BCUT2D eigenvalue weighted by molar-refractivity contribution is 6.33. The molecule has 0 fully saturated rings. The molecule has 0 atom stereocenters. The lowest BCUT2D eigenvalue weighted by Gasteiger charge is -2.05. The Morgan fingerprint density at radius 3 is 2.60 bits per heavy atom. The Kier molecular flexibility index (Phi) is 2.83. The van der Waals surface area contributed by atoms with E-state index in [1.807, 2.05) is 0 Å². The van der Waals surface area contributed by atoms with E-state index in [1.165, 1.54) is 12.4 Å². The maximum Gasteiger partial charge on any atom is 0.222 e. The predicted octanol–water partition coefficient (Wildman–Crippen LogP) is 1.11. The zero-order valence-electron chi connectivity index (χ0n) is 7.59. The Morgan fingerprint density at radius 1 is 1.20 bits per heavy atom. The lowest BCUT2D eigenvalue weighted by atomic mass is 9.98. The Hall–Kier alpha value is -1.62. The van der Waals surface area contributed by atoms with E-state index in [-0.39, 0.29) is 5.28 Å². The lowest BCUT2D eigenvalue weighted by Crippen LogP contribution is -2.07. The minimum Gasteiger partial charge on any atom is -0.436 e. The van der Waals surface area contributed by atoms with Crippen molar-refractivity contribution in [3.05, 3.63) is 36.0 Å². The highest BCUT2D eigenvalue weighted by Crippen LogP contribution is 2.15. The highest BCUT2D eigenvalue weighted by atomic mass is 35.5. The molecule has 4 nitrogen and oxygen atoms in total. The fourth-order valence-electron chi connectivity index (χ4n) is 0.953. The summed E-state index contributed by atoms with van der Waals surface area (Å²) in [4.78, 5) is 11.5. The topological polar surface area (TPSA) is 47.9 Å². The van der Waals surface area contributed by atoms with Crippen LogP contribution in [-0.4, -0.2) is 22.8 Å². The van der Waals surface area contributed by atoms with Crippen molar-refractivity contribution < 1.29 is 4.74 Å². The van der Waals surface area contributed by atoms with E-state index in [0.717, 1.165) is 0 Å². The quantitative estimate of drug-likeness (QED) is 0.558. The number of aromatic nitrogens is 3. The van der Waals surface area contributed by atoms with Gasteiger partial charge in [0.15, 0.2) is 5.75 Å². The third-order valence-corrected chi connectivity index (χ3v) is 1.81.